The first-order chi connectivity index (χ1) is 60.7. The summed E-state index contributed by atoms with van der Waals surface area (Å²) < 4.78 is 107. The number of hydrogen-bond donors (Lipinski definition) is 4. The van der Waals surface area contributed by atoms with Gasteiger partial charge in [0.15, 0.2) is 47.3 Å². The fourth-order valence-electron chi connectivity index (χ4n) is 14.4. The molecule has 7 fully saturated rings. The fourth-order valence-corrected chi connectivity index (χ4v) is 21.6. The first-order valence-electron chi connectivity index (χ1n) is 40.1. The van der Waals surface area contributed by atoms with Crippen molar-refractivity contribution in [2.75, 3.05) is 56.9 Å². The Morgan fingerprint density at radius 1 is 0.500 bits per heavy atom. The van der Waals surface area contributed by atoms with Crippen molar-refractivity contribution in [3.8, 4) is 34.9 Å². The molecule has 5 aromatic heterocycles. The van der Waals surface area contributed by atoms with Gasteiger partial charge in [-0.3, -0.25) is 61.1 Å². The van der Waals surface area contributed by atoms with Gasteiger partial charge in [-0.25, -0.2) is 14.8 Å². The number of rotatable bonds is 25. The summed E-state index contributed by atoms with van der Waals surface area (Å²) in [6.45, 7) is 0.710. The van der Waals surface area contributed by atoms with Gasteiger partial charge < -0.3 is 61.7 Å². The van der Waals surface area contributed by atoms with Gasteiger partial charge in [0.2, 0.25) is 41.4 Å². The van der Waals surface area contributed by atoms with Crippen LogP contribution in [0.2, 0.25) is 15.1 Å². The minimum absolute atomic E-state index is 0.0233. The molecule has 0 radical (unpaired) electrons. The van der Waals surface area contributed by atoms with Crippen molar-refractivity contribution in [1.82, 2.24) is 48.6 Å². The number of para-hydroxylation sites is 3. The molecule has 43 heteroatoms. The van der Waals surface area contributed by atoms with Gasteiger partial charge in [-0.2, -0.15) is 24.9 Å². The third kappa shape index (κ3) is 21.7. The Balaban J connectivity index is 0.000000141. The summed E-state index contributed by atoms with van der Waals surface area (Å²) in [5.74, 6) is 1.00. The van der Waals surface area contributed by atoms with E-state index < -0.39 is 106 Å². The van der Waals surface area contributed by atoms with Gasteiger partial charge in [0.05, 0.1) is 67.4 Å². The van der Waals surface area contributed by atoms with Crippen molar-refractivity contribution in [2.45, 2.75) is 153 Å². The van der Waals surface area contributed by atoms with Crippen LogP contribution in [0.5, 0.6) is 34.9 Å². The summed E-state index contributed by atoms with van der Waals surface area (Å²) in [6.07, 6.45) is -1.51. The highest BCUT2D eigenvalue weighted by molar-refractivity contribution is 8.08. The molecule has 7 aliphatic heterocycles. The zero-order chi connectivity index (χ0) is 88.0. The monoisotopic (exact) mass is 1900 g/mol. The van der Waals surface area contributed by atoms with E-state index in [-0.39, 0.29) is 66.8 Å². The average Bonchev–Trinajstić information content (AvgIpc) is 1.60. The van der Waals surface area contributed by atoms with Crippen LogP contribution >= 0.6 is 55.0 Å². The second kappa shape index (κ2) is 40.1. The molecule has 0 bridgehead atoms. The molecule has 2 amide bonds. The number of carbonyl (C=O) groups excluding carboxylic acids is 2. The number of aliphatic hydroxyl groups is 2. The van der Waals surface area contributed by atoms with Crippen molar-refractivity contribution >= 4 is 136 Å². The molecule has 126 heavy (non-hydrogen) atoms. The van der Waals surface area contributed by atoms with Crippen LogP contribution in [0.25, 0.3) is 22.3 Å². The van der Waals surface area contributed by atoms with Crippen LogP contribution in [0.4, 0.5) is 11.9 Å². The highest BCUT2D eigenvalue weighted by atomic mass is 35.5. The molecule has 664 valence electrons. The number of benzene rings is 6. The minimum atomic E-state index is -3.32. The third-order valence-corrected chi connectivity index (χ3v) is 28.2. The standard InChI is InChI=1S/C32H35ClN5O8PS.C27H27ClN5O7PS.C24H24ClN2O7PS/c1-19-10-12-21(13-11-19)14-16-41-30-26-29(36-32(37-30)35-20(2)39)38(18-34-26)31-28(44-25-9-5-6-15-40-25)27-24(43-31)17-42-47(48,46-27)45-23-8-4-3-7-22(23)33;1-15-7-9-17(10-8-15)11-12-36-25-21-24(31-27(32-25)30-16(2)34)33(14-29-21)26-22(35)23-20(38-26)13-37-41(42,40-23)39-19-6-4-3-5-18(19)28;1-15-6-8-16(9-7-15)11-13-30-20-10-12-27(24(29)26-20)23-21(28)22-19(32-23)14-31-35(36,34-22)33-18-5-3-2-4-17(18)25/h3-4,7-8,10-13,18,24-25,27-28,31H,5-6,9,14-17H2,1-2H3,(H,35,36,37,39);3-10,14,20,22-23,26,35H,11-13H2,1-2H3,(H,30,31,32,34);2-10,12,19,21-23,28H,11,13-14H2,1H3/t24-,25?,27?,28?,31-,47?;20-,22?,23?,26-,41?;19-,21?,22?,23-,35?/m111/s1. The summed E-state index contributed by atoms with van der Waals surface area (Å²) in [7, 11) is 0. The number of amides is 2. The van der Waals surface area contributed by atoms with Crippen LogP contribution in [-0.2, 0) is 115 Å². The van der Waals surface area contributed by atoms with E-state index in [1.54, 1.807) is 94.3 Å². The van der Waals surface area contributed by atoms with Crippen LogP contribution in [0.1, 0.15) is 85.2 Å². The molecule has 11 aromatic rings. The van der Waals surface area contributed by atoms with E-state index in [0.717, 1.165) is 29.5 Å². The quantitative estimate of drug-likeness (QED) is 0.0386. The number of aliphatic hydroxyl groups excluding tert-OH is 2. The molecule has 16 atom stereocenters. The topological polar surface area (TPSA) is 378 Å². The lowest BCUT2D eigenvalue weighted by Gasteiger charge is -2.36. The number of hydrogen-bond acceptors (Lipinski definition) is 32. The Hall–Kier alpha value is -8.66. The van der Waals surface area contributed by atoms with Gasteiger partial charge in [-0.1, -0.05) is 161 Å². The maximum absolute atomic E-state index is 12.7. The first kappa shape index (κ1) is 90.7. The Bertz CT molecular complexity index is 5960. The largest absolute Gasteiger partial charge is 0.477 e. The Morgan fingerprint density at radius 2 is 0.897 bits per heavy atom. The predicted molar refractivity (Wildman–Crippen MR) is 473 cm³/mol. The number of ether oxygens (including phenoxy) is 8. The van der Waals surface area contributed by atoms with Gasteiger partial charge in [0.25, 0.3) is 0 Å². The molecule has 4 N–H and O–H groups in total. The molecule has 7 saturated heterocycles. The summed E-state index contributed by atoms with van der Waals surface area (Å²) in [5, 5.41) is 28.6. The zero-order valence-corrected chi connectivity index (χ0v) is 75.5. The van der Waals surface area contributed by atoms with Crippen LogP contribution in [-0.4, -0.2) is 178 Å². The molecule has 0 aliphatic carbocycles. The van der Waals surface area contributed by atoms with E-state index in [1.807, 2.05) is 69.3 Å². The first-order valence-corrected chi connectivity index (χ1v) is 48.9. The zero-order valence-electron chi connectivity index (χ0n) is 68.1. The van der Waals surface area contributed by atoms with E-state index in [4.69, 9.17) is 149 Å². The van der Waals surface area contributed by atoms with E-state index in [2.05, 4.69) is 69.8 Å². The predicted octanol–water partition coefficient (Wildman–Crippen LogP) is 14.0. The molecule has 7 aliphatic rings. The Labute approximate surface area is 752 Å². The highest BCUT2D eigenvalue weighted by Gasteiger charge is 2.57. The smallest absolute Gasteiger partial charge is 0.381 e. The van der Waals surface area contributed by atoms with Gasteiger partial charge in [0, 0.05) is 87.4 Å². The highest BCUT2D eigenvalue weighted by Crippen LogP contribution is 2.61. The number of aryl methyl sites for hydroxylation is 3. The van der Waals surface area contributed by atoms with Crippen molar-refractivity contribution in [3.63, 3.8) is 0 Å². The molecule has 6 aromatic carbocycles. The van der Waals surface area contributed by atoms with Crippen LogP contribution in [0.3, 0.4) is 0 Å². The van der Waals surface area contributed by atoms with Crippen molar-refractivity contribution in [3.05, 3.63) is 229 Å². The summed E-state index contributed by atoms with van der Waals surface area (Å²) in [5.41, 5.74) is 7.64. The summed E-state index contributed by atoms with van der Waals surface area (Å²) in [6, 6.07) is 46.7. The molecule has 12 heterocycles. The number of fused-ring (bicyclic) bond motifs is 5. The van der Waals surface area contributed by atoms with Crippen molar-refractivity contribution in [1.29, 1.82) is 0 Å². The normalized spacial score (nSPS) is 26.5. The number of halogens is 3. The van der Waals surface area contributed by atoms with Gasteiger partial charge in [-0.15, -0.1) is 0 Å². The lowest BCUT2D eigenvalue weighted by atomic mass is 10.1. The Morgan fingerprint density at radius 3 is 1.31 bits per heavy atom. The number of imidazole rings is 2. The Kier molecular flexibility index (Phi) is 28.9. The summed E-state index contributed by atoms with van der Waals surface area (Å²) >= 11 is 35.6. The van der Waals surface area contributed by atoms with E-state index >= 15 is 0 Å². The van der Waals surface area contributed by atoms with Crippen LogP contribution in [0, 0.1) is 20.8 Å². The van der Waals surface area contributed by atoms with Gasteiger partial charge in [-0.05, 0) is 93.1 Å². The molecular formula is C83H86Cl3N12O22P3S3. The molecule has 34 nitrogen and oxygen atoms in total. The maximum atomic E-state index is 12.7. The van der Waals surface area contributed by atoms with Crippen LogP contribution < -0.4 is 44.1 Å². The number of nitrogens with zero attached hydrogens (tertiary/aromatic N) is 10. The summed E-state index contributed by atoms with van der Waals surface area (Å²) in [4.78, 5) is 67.6. The van der Waals surface area contributed by atoms with Crippen molar-refractivity contribution < 1.29 is 98.4 Å². The number of anilines is 2. The second-order valence-corrected chi connectivity index (χ2v) is 39.9. The van der Waals surface area contributed by atoms with Gasteiger partial charge >= 0.3 is 25.8 Å². The lowest BCUT2D eigenvalue weighted by molar-refractivity contribution is -0.213. The SMILES string of the molecule is CC(=O)Nc1nc(OCCc2ccc(C)cc2)c2ncn([C@@H]3O[C@@H]4COP(=S)(Oc5ccccc5Cl)OC4C3O)c2n1.CC(=O)Nc1nc(OCCc2ccc(C)cc2)c2ncn([C@@H]3O[C@@H]4COP(=S)(Oc5ccccc5Cl)OC4C3OC3CCCCO3)c2n1.Cc1ccc(CCOc2ccn([C@@H]3O[C@@H]4COP(=S)(Oc5ccccc5Cl)OC4C3O)c(=O)n2)cc1. The van der Waals surface area contributed by atoms with E-state index in [1.165, 1.54) is 47.6 Å². The average molecular weight is 1900 g/mol. The van der Waals surface area contributed by atoms with E-state index in [0.29, 0.717) is 101 Å². The van der Waals surface area contributed by atoms with Crippen LogP contribution in [0.15, 0.2) is 175 Å². The minimum Gasteiger partial charge on any atom is -0.477 e. The number of aromatic nitrogens is 10. The molecular weight excluding hydrogens is 1810 g/mol. The second-order valence-electron chi connectivity index (χ2n) is 30.0. The number of nitrogens with one attached hydrogen (secondary N) is 2. The van der Waals surface area contributed by atoms with E-state index in [9.17, 15) is 24.6 Å². The maximum Gasteiger partial charge on any atom is 0.381 e. The molecule has 10 unspecified atom stereocenters. The van der Waals surface area contributed by atoms with Gasteiger partial charge in [0.1, 0.15) is 72.2 Å². The lowest BCUT2D eigenvalue weighted by Crippen LogP contribution is -2.43. The molecule has 0 spiro atoms. The number of carbonyl (C=O) groups is 2. The van der Waals surface area contributed by atoms with Crippen molar-refractivity contribution in [2.24, 2.45) is 0 Å². The third-order valence-electron chi connectivity index (χ3n) is 20.7. The molecule has 0 saturated carbocycles. The fraction of sp³-hybridized carbons (Fsp3) is 0.373. The molecule has 18 rings (SSSR count).